The van der Waals surface area contributed by atoms with Crippen molar-refractivity contribution in [3.63, 3.8) is 0 Å². The third-order valence-corrected chi connectivity index (χ3v) is 3.57. The summed E-state index contributed by atoms with van der Waals surface area (Å²) in [6, 6.07) is 16.6. The molecular formula is C16H14BrN3. The molecular weight excluding hydrogens is 314 g/mol. The quantitative estimate of drug-likeness (QED) is 0.743. The van der Waals surface area contributed by atoms with Gasteiger partial charge in [-0.15, -0.1) is 0 Å². The van der Waals surface area contributed by atoms with E-state index in [1.165, 1.54) is 5.56 Å². The summed E-state index contributed by atoms with van der Waals surface area (Å²) in [5.74, 6) is 0. The van der Waals surface area contributed by atoms with Crippen molar-refractivity contribution in [1.29, 1.82) is 0 Å². The Bertz CT molecular complexity index is 675. The smallest absolute Gasteiger partial charge is 0.0924 e. The van der Waals surface area contributed by atoms with Gasteiger partial charge in [0.25, 0.3) is 0 Å². The highest BCUT2D eigenvalue weighted by molar-refractivity contribution is 9.10. The van der Waals surface area contributed by atoms with E-state index >= 15 is 0 Å². The van der Waals surface area contributed by atoms with Gasteiger partial charge in [0.2, 0.25) is 0 Å². The highest BCUT2D eigenvalue weighted by atomic mass is 79.9. The predicted molar refractivity (Wildman–Crippen MR) is 85.5 cm³/mol. The van der Waals surface area contributed by atoms with Crippen molar-refractivity contribution in [2.75, 3.05) is 5.32 Å². The van der Waals surface area contributed by atoms with Crippen molar-refractivity contribution in [3.8, 4) is 11.3 Å². The predicted octanol–water partition coefficient (Wildman–Crippen LogP) is 4.45. The van der Waals surface area contributed by atoms with Crippen molar-refractivity contribution in [2.24, 2.45) is 0 Å². The molecule has 0 amide bonds. The summed E-state index contributed by atoms with van der Waals surface area (Å²) in [6.45, 7) is 0.808. The zero-order valence-electron chi connectivity index (χ0n) is 10.8. The molecule has 0 saturated heterocycles. The van der Waals surface area contributed by atoms with Crippen molar-refractivity contribution >= 4 is 21.6 Å². The monoisotopic (exact) mass is 327 g/mol. The number of nitrogens with one attached hydrogen (secondary N) is 2. The topological polar surface area (TPSA) is 40.7 Å². The first-order valence-corrected chi connectivity index (χ1v) is 7.18. The number of nitrogens with zero attached hydrogens (tertiary/aromatic N) is 1. The molecule has 4 heteroatoms. The SMILES string of the molecule is Brc1cccc(CNc2ccc(-c3cnc[nH]3)cc2)c1. The van der Waals surface area contributed by atoms with Crippen molar-refractivity contribution in [3.05, 3.63) is 71.1 Å². The molecule has 2 N–H and O–H groups in total. The Morgan fingerprint density at radius 1 is 1.10 bits per heavy atom. The van der Waals surface area contributed by atoms with Gasteiger partial charge in [0.15, 0.2) is 0 Å². The number of imidazole rings is 1. The van der Waals surface area contributed by atoms with Gasteiger partial charge in [-0.1, -0.05) is 40.2 Å². The van der Waals surface area contributed by atoms with Crippen LogP contribution >= 0.6 is 15.9 Å². The van der Waals surface area contributed by atoms with Gasteiger partial charge in [0.05, 0.1) is 18.2 Å². The molecule has 3 aromatic rings. The number of H-pyrrole nitrogens is 1. The molecule has 3 nitrogen and oxygen atoms in total. The van der Waals surface area contributed by atoms with Gasteiger partial charge in [0.1, 0.15) is 0 Å². The number of rotatable bonds is 4. The lowest BCUT2D eigenvalue weighted by molar-refractivity contribution is 1.15. The van der Waals surface area contributed by atoms with E-state index in [0.29, 0.717) is 0 Å². The molecule has 0 fully saturated rings. The average molecular weight is 328 g/mol. The van der Waals surface area contributed by atoms with Gasteiger partial charge in [0, 0.05) is 16.7 Å². The normalized spacial score (nSPS) is 10.4. The number of aromatic amines is 1. The van der Waals surface area contributed by atoms with Crippen LogP contribution in [-0.2, 0) is 6.54 Å². The number of benzene rings is 2. The first-order chi connectivity index (χ1) is 9.81. The highest BCUT2D eigenvalue weighted by Gasteiger charge is 1.99. The molecule has 0 aliphatic heterocycles. The van der Waals surface area contributed by atoms with Crippen LogP contribution in [-0.4, -0.2) is 9.97 Å². The van der Waals surface area contributed by atoms with Crippen LogP contribution in [0, 0.1) is 0 Å². The van der Waals surface area contributed by atoms with Crippen LogP contribution in [0.5, 0.6) is 0 Å². The molecule has 1 aromatic heterocycles. The molecule has 0 unspecified atom stereocenters. The van der Waals surface area contributed by atoms with E-state index in [1.54, 1.807) is 6.33 Å². The van der Waals surface area contributed by atoms with Gasteiger partial charge < -0.3 is 10.3 Å². The fraction of sp³-hybridized carbons (Fsp3) is 0.0625. The minimum Gasteiger partial charge on any atom is -0.381 e. The first-order valence-electron chi connectivity index (χ1n) is 6.38. The standard InChI is InChI=1S/C16H14BrN3/c17-14-3-1-2-12(8-14)9-19-15-6-4-13(5-7-15)16-10-18-11-20-16/h1-8,10-11,19H,9H2,(H,18,20). The van der Waals surface area contributed by atoms with Crippen molar-refractivity contribution < 1.29 is 0 Å². The van der Waals surface area contributed by atoms with E-state index in [1.807, 2.05) is 18.3 Å². The molecule has 2 aromatic carbocycles. The maximum atomic E-state index is 4.03. The van der Waals surface area contributed by atoms with Gasteiger partial charge in [-0.05, 0) is 35.4 Å². The summed E-state index contributed by atoms with van der Waals surface area (Å²) in [5, 5.41) is 3.41. The second-order valence-corrected chi connectivity index (χ2v) is 5.44. The molecule has 0 radical (unpaired) electrons. The van der Waals surface area contributed by atoms with E-state index in [0.717, 1.165) is 28.0 Å². The molecule has 1 heterocycles. The second-order valence-electron chi connectivity index (χ2n) is 4.53. The van der Waals surface area contributed by atoms with Gasteiger partial charge in [-0.25, -0.2) is 4.98 Å². The number of aromatic nitrogens is 2. The summed E-state index contributed by atoms with van der Waals surface area (Å²) in [4.78, 5) is 7.13. The number of halogens is 1. The Balaban J connectivity index is 1.67. The largest absolute Gasteiger partial charge is 0.381 e. The molecule has 0 bridgehead atoms. The molecule has 3 rings (SSSR count). The Morgan fingerprint density at radius 2 is 1.95 bits per heavy atom. The second kappa shape index (κ2) is 5.92. The number of hydrogen-bond donors (Lipinski definition) is 2. The molecule has 0 saturated carbocycles. The maximum absolute atomic E-state index is 4.03. The first kappa shape index (κ1) is 12.9. The molecule has 0 spiro atoms. The average Bonchev–Trinajstić information content (AvgIpc) is 3.00. The Hall–Kier alpha value is -2.07. The Kier molecular flexibility index (Phi) is 3.83. The summed E-state index contributed by atoms with van der Waals surface area (Å²) >= 11 is 3.48. The van der Waals surface area contributed by atoms with E-state index < -0.39 is 0 Å². The fourth-order valence-corrected chi connectivity index (χ4v) is 2.48. The zero-order chi connectivity index (χ0) is 13.8. The molecule has 0 atom stereocenters. The number of hydrogen-bond acceptors (Lipinski definition) is 2. The lowest BCUT2D eigenvalue weighted by Crippen LogP contribution is -1.98. The summed E-state index contributed by atoms with van der Waals surface area (Å²) in [7, 11) is 0. The van der Waals surface area contributed by atoms with E-state index in [-0.39, 0.29) is 0 Å². The van der Waals surface area contributed by atoms with Crippen molar-refractivity contribution in [1.82, 2.24) is 9.97 Å². The Labute approximate surface area is 126 Å². The van der Waals surface area contributed by atoms with Crippen LogP contribution in [0.2, 0.25) is 0 Å². The van der Waals surface area contributed by atoms with Gasteiger partial charge >= 0.3 is 0 Å². The third-order valence-electron chi connectivity index (χ3n) is 3.08. The minimum atomic E-state index is 0.808. The zero-order valence-corrected chi connectivity index (χ0v) is 12.4. The van der Waals surface area contributed by atoms with Gasteiger partial charge in [-0.2, -0.15) is 0 Å². The lowest BCUT2D eigenvalue weighted by Gasteiger charge is -2.07. The highest BCUT2D eigenvalue weighted by Crippen LogP contribution is 2.19. The summed E-state index contributed by atoms with van der Waals surface area (Å²) in [5.41, 5.74) is 4.52. The third kappa shape index (κ3) is 3.08. The van der Waals surface area contributed by atoms with Crippen LogP contribution in [0.1, 0.15) is 5.56 Å². The van der Waals surface area contributed by atoms with E-state index in [9.17, 15) is 0 Å². The van der Waals surface area contributed by atoms with E-state index in [4.69, 9.17) is 0 Å². The molecule has 100 valence electrons. The maximum Gasteiger partial charge on any atom is 0.0924 e. The van der Waals surface area contributed by atoms with Gasteiger partial charge in [-0.3, -0.25) is 0 Å². The van der Waals surface area contributed by atoms with Crippen LogP contribution in [0.15, 0.2) is 65.5 Å². The lowest BCUT2D eigenvalue weighted by atomic mass is 10.1. The van der Waals surface area contributed by atoms with Crippen LogP contribution in [0.3, 0.4) is 0 Å². The van der Waals surface area contributed by atoms with E-state index in [2.05, 4.69) is 67.6 Å². The fourth-order valence-electron chi connectivity index (χ4n) is 2.03. The van der Waals surface area contributed by atoms with Crippen LogP contribution < -0.4 is 5.32 Å². The Morgan fingerprint density at radius 3 is 2.65 bits per heavy atom. The summed E-state index contributed by atoms with van der Waals surface area (Å²) in [6.07, 6.45) is 3.51. The van der Waals surface area contributed by atoms with Crippen LogP contribution in [0.25, 0.3) is 11.3 Å². The number of anilines is 1. The van der Waals surface area contributed by atoms with Crippen LogP contribution in [0.4, 0.5) is 5.69 Å². The summed E-state index contributed by atoms with van der Waals surface area (Å²) < 4.78 is 1.10. The minimum absolute atomic E-state index is 0.808. The van der Waals surface area contributed by atoms with Crippen molar-refractivity contribution in [2.45, 2.75) is 6.54 Å². The molecule has 0 aliphatic rings. The molecule has 20 heavy (non-hydrogen) atoms. The molecule has 0 aliphatic carbocycles.